The maximum atomic E-state index is 13.0. The lowest BCUT2D eigenvalue weighted by atomic mass is 10.1. The first-order valence-corrected chi connectivity index (χ1v) is 11.6. The summed E-state index contributed by atoms with van der Waals surface area (Å²) in [5.74, 6) is -0.487. The van der Waals surface area contributed by atoms with Crippen LogP contribution in [0.5, 0.6) is 0 Å². The number of piperazine rings is 1. The number of aryl methyl sites for hydroxylation is 2. The van der Waals surface area contributed by atoms with Gasteiger partial charge in [-0.05, 0) is 49.6 Å². The highest BCUT2D eigenvalue weighted by Crippen LogP contribution is 2.22. The van der Waals surface area contributed by atoms with Crippen molar-refractivity contribution in [3.8, 4) is 0 Å². The molecule has 2 aromatic carbocycles. The van der Waals surface area contributed by atoms with Gasteiger partial charge >= 0.3 is 6.03 Å². The van der Waals surface area contributed by atoms with Crippen LogP contribution < -0.4 is 11.1 Å². The van der Waals surface area contributed by atoms with Crippen molar-refractivity contribution in [2.24, 2.45) is 5.73 Å². The number of benzene rings is 2. The lowest BCUT2D eigenvalue weighted by Crippen LogP contribution is -2.53. The first-order valence-electron chi connectivity index (χ1n) is 10.2. The minimum Gasteiger partial charge on any atom is -0.366 e. The third kappa shape index (κ3) is 5.42. The van der Waals surface area contributed by atoms with Gasteiger partial charge in [0.15, 0.2) is 0 Å². The number of hydrogen-bond acceptors (Lipinski definition) is 4. The van der Waals surface area contributed by atoms with Crippen molar-refractivity contribution >= 4 is 22.0 Å². The summed E-state index contributed by atoms with van der Waals surface area (Å²) in [4.78, 5) is 25.6. The van der Waals surface area contributed by atoms with Crippen LogP contribution in [-0.4, -0.2) is 62.3 Å². The molecule has 8 nitrogen and oxygen atoms in total. The molecule has 1 heterocycles. The lowest BCUT2D eigenvalue weighted by Gasteiger charge is -2.34. The van der Waals surface area contributed by atoms with E-state index in [0.717, 1.165) is 16.7 Å². The van der Waals surface area contributed by atoms with Crippen molar-refractivity contribution in [1.29, 1.82) is 0 Å². The largest absolute Gasteiger partial charge is 0.366 e. The van der Waals surface area contributed by atoms with E-state index >= 15 is 0 Å². The summed E-state index contributed by atoms with van der Waals surface area (Å²) >= 11 is 0. The van der Waals surface area contributed by atoms with Gasteiger partial charge in [-0.15, -0.1) is 0 Å². The third-order valence-corrected chi connectivity index (χ3v) is 7.43. The van der Waals surface area contributed by atoms with E-state index in [2.05, 4.69) is 5.32 Å². The number of hydrogen-bond donors (Lipinski definition) is 2. The highest BCUT2D eigenvalue weighted by molar-refractivity contribution is 7.89. The number of sulfonamides is 1. The van der Waals surface area contributed by atoms with Crippen LogP contribution in [0.25, 0.3) is 0 Å². The Balaban J connectivity index is 1.51. The number of urea groups is 1. The molecule has 0 spiro atoms. The molecule has 166 valence electrons. The fourth-order valence-corrected chi connectivity index (χ4v) is 5.29. The molecule has 2 aromatic rings. The summed E-state index contributed by atoms with van der Waals surface area (Å²) < 4.78 is 27.4. The van der Waals surface area contributed by atoms with Crippen LogP contribution >= 0.6 is 0 Å². The lowest BCUT2D eigenvalue weighted by molar-refractivity contribution is 0.1000. The zero-order chi connectivity index (χ0) is 22.6. The zero-order valence-electron chi connectivity index (χ0n) is 17.8. The molecule has 31 heavy (non-hydrogen) atoms. The Bertz CT molecular complexity index is 1080. The molecule has 0 radical (unpaired) electrons. The van der Waals surface area contributed by atoms with Crippen molar-refractivity contribution in [3.63, 3.8) is 0 Å². The van der Waals surface area contributed by atoms with Crippen molar-refractivity contribution in [1.82, 2.24) is 14.5 Å². The smallest absolute Gasteiger partial charge is 0.317 e. The molecule has 0 saturated carbocycles. The monoisotopic (exact) mass is 444 g/mol. The number of carbonyl (C=O) groups excluding carboxylic acids is 2. The number of rotatable bonds is 6. The van der Waals surface area contributed by atoms with Crippen molar-refractivity contribution in [3.05, 3.63) is 64.7 Å². The standard InChI is InChI=1S/C22H28N4O4S/c1-16-6-7-20(17(2)14-16)31(29,30)26-12-10-25(11-13-26)22(28)24-9-8-18-4-3-5-19(15-18)21(23)27/h3-7,14-15H,8-13H2,1-2H3,(H2,23,27)(H,24,28). The molecule has 1 fully saturated rings. The molecule has 3 amide bonds. The van der Waals surface area contributed by atoms with Crippen LogP contribution in [0.1, 0.15) is 27.0 Å². The molecule has 1 aliphatic heterocycles. The molecule has 9 heteroatoms. The number of carbonyl (C=O) groups is 2. The number of nitrogens with one attached hydrogen (secondary N) is 1. The van der Waals surface area contributed by atoms with Gasteiger partial charge in [-0.2, -0.15) is 4.31 Å². The van der Waals surface area contributed by atoms with Crippen LogP contribution in [-0.2, 0) is 16.4 Å². The molecule has 0 bridgehead atoms. The molecule has 0 unspecified atom stereocenters. The quantitative estimate of drug-likeness (QED) is 0.705. The summed E-state index contributed by atoms with van der Waals surface area (Å²) in [6.07, 6.45) is 0.563. The average Bonchev–Trinajstić information content (AvgIpc) is 2.73. The summed E-state index contributed by atoms with van der Waals surface area (Å²) in [6, 6.07) is 12.1. The summed E-state index contributed by atoms with van der Waals surface area (Å²) in [5, 5.41) is 2.85. The molecule has 0 aliphatic carbocycles. The van der Waals surface area contributed by atoms with Crippen LogP contribution in [0.2, 0.25) is 0 Å². The van der Waals surface area contributed by atoms with Gasteiger partial charge in [0.1, 0.15) is 0 Å². The number of primary amides is 1. The number of nitrogens with two attached hydrogens (primary N) is 1. The van der Waals surface area contributed by atoms with E-state index in [1.54, 1.807) is 42.2 Å². The minimum absolute atomic E-state index is 0.227. The van der Waals surface area contributed by atoms with Gasteiger partial charge in [0.2, 0.25) is 15.9 Å². The van der Waals surface area contributed by atoms with Crippen LogP contribution in [0.15, 0.2) is 47.4 Å². The fourth-order valence-electron chi connectivity index (χ4n) is 3.67. The SMILES string of the molecule is Cc1ccc(S(=O)(=O)N2CCN(C(=O)NCCc3cccc(C(N)=O)c3)CC2)c(C)c1. The van der Waals surface area contributed by atoms with Crippen molar-refractivity contribution in [2.75, 3.05) is 32.7 Å². The van der Waals surface area contributed by atoms with Crippen LogP contribution in [0, 0.1) is 13.8 Å². The van der Waals surface area contributed by atoms with E-state index in [4.69, 9.17) is 5.73 Å². The molecular formula is C22H28N4O4S. The van der Waals surface area contributed by atoms with Gasteiger partial charge in [0.05, 0.1) is 4.90 Å². The first kappa shape index (κ1) is 22.8. The Kier molecular flexibility index (Phi) is 6.97. The predicted octanol–water partition coefficient (Wildman–Crippen LogP) is 1.66. The molecule has 1 saturated heterocycles. The maximum Gasteiger partial charge on any atom is 0.317 e. The second-order valence-corrected chi connectivity index (χ2v) is 9.61. The predicted molar refractivity (Wildman–Crippen MR) is 118 cm³/mol. The van der Waals surface area contributed by atoms with E-state index in [1.807, 2.05) is 19.1 Å². The highest BCUT2D eigenvalue weighted by atomic mass is 32.2. The summed E-state index contributed by atoms with van der Waals surface area (Å²) in [5.41, 5.74) is 8.36. The summed E-state index contributed by atoms with van der Waals surface area (Å²) in [6.45, 7) is 5.29. The van der Waals surface area contributed by atoms with Crippen molar-refractivity contribution < 1.29 is 18.0 Å². The number of nitrogens with zero attached hydrogens (tertiary/aromatic N) is 2. The summed E-state index contributed by atoms with van der Waals surface area (Å²) in [7, 11) is -3.59. The number of amides is 3. The van der Waals surface area contributed by atoms with Gasteiger partial charge in [-0.3, -0.25) is 4.79 Å². The highest BCUT2D eigenvalue weighted by Gasteiger charge is 2.30. The van der Waals surface area contributed by atoms with Crippen LogP contribution in [0.3, 0.4) is 0 Å². The normalized spacial score (nSPS) is 15.0. The molecule has 1 aliphatic rings. The van der Waals surface area contributed by atoms with Gasteiger partial charge in [-0.1, -0.05) is 29.8 Å². The zero-order valence-corrected chi connectivity index (χ0v) is 18.6. The van der Waals surface area contributed by atoms with E-state index in [-0.39, 0.29) is 19.1 Å². The third-order valence-electron chi connectivity index (χ3n) is 5.38. The fraction of sp³-hybridized carbons (Fsp3) is 0.364. The molecular weight excluding hydrogens is 416 g/mol. The molecule has 0 aromatic heterocycles. The van der Waals surface area contributed by atoms with Gasteiger partial charge in [-0.25, -0.2) is 13.2 Å². The Morgan fingerprint density at radius 1 is 1.03 bits per heavy atom. The van der Waals surface area contributed by atoms with Gasteiger partial charge < -0.3 is 16.0 Å². The molecule has 3 rings (SSSR count). The van der Waals surface area contributed by atoms with Crippen molar-refractivity contribution in [2.45, 2.75) is 25.2 Å². The van der Waals surface area contributed by atoms with Gasteiger partial charge in [0, 0.05) is 38.3 Å². The van der Waals surface area contributed by atoms with Gasteiger partial charge in [0.25, 0.3) is 0 Å². The first-order chi connectivity index (χ1) is 14.7. The second-order valence-electron chi connectivity index (χ2n) is 7.71. The van der Waals surface area contributed by atoms with E-state index in [0.29, 0.717) is 36.5 Å². The Labute approximate surface area is 183 Å². The Morgan fingerprint density at radius 2 is 1.74 bits per heavy atom. The Morgan fingerprint density at radius 3 is 2.39 bits per heavy atom. The second kappa shape index (κ2) is 9.49. The van der Waals surface area contributed by atoms with E-state index in [1.165, 1.54) is 4.31 Å². The van der Waals surface area contributed by atoms with Crippen LogP contribution in [0.4, 0.5) is 4.79 Å². The topological polar surface area (TPSA) is 113 Å². The van der Waals surface area contributed by atoms with E-state index < -0.39 is 15.9 Å². The Hall–Kier alpha value is -2.91. The van der Waals surface area contributed by atoms with E-state index in [9.17, 15) is 18.0 Å². The molecule has 0 atom stereocenters. The minimum atomic E-state index is -3.59. The average molecular weight is 445 g/mol. The molecule has 3 N–H and O–H groups in total. The maximum absolute atomic E-state index is 13.0.